The summed E-state index contributed by atoms with van der Waals surface area (Å²) < 4.78 is 0. The van der Waals surface area contributed by atoms with E-state index in [-0.39, 0.29) is 21.6 Å². The average Bonchev–Trinajstić information content (AvgIpc) is 2.77. The number of thioether (sulfide) groups is 1. The van der Waals surface area contributed by atoms with Crippen LogP contribution in [0.4, 0.5) is 5.69 Å². The van der Waals surface area contributed by atoms with Crippen molar-refractivity contribution in [2.75, 3.05) is 5.75 Å². The molecule has 0 radical (unpaired) electrons. The molecule has 0 unspecified atom stereocenters. The Morgan fingerprint density at radius 2 is 2.15 bits per heavy atom. The fourth-order valence-corrected chi connectivity index (χ4v) is 2.45. The lowest BCUT2D eigenvalue weighted by atomic mass is 10.2. The van der Waals surface area contributed by atoms with Gasteiger partial charge in [0.15, 0.2) is 5.17 Å². The molecule has 1 aromatic carbocycles. The summed E-state index contributed by atoms with van der Waals surface area (Å²) in [5.74, 6) is 0.144. The van der Waals surface area contributed by atoms with Gasteiger partial charge < -0.3 is 5.32 Å². The summed E-state index contributed by atoms with van der Waals surface area (Å²) in [6.45, 7) is 0. The fourth-order valence-electron chi connectivity index (χ4n) is 1.32. The zero-order chi connectivity index (χ0) is 14.7. The summed E-state index contributed by atoms with van der Waals surface area (Å²) in [5.41, 5.74) is 0.0372. The third kappa shape index (κ3) is 3.47. The van der Waals surface area contributed by atoms with Gasteiger partial charge in [-0.2, -0.15) is 5.10 Å². The summed E-state index contributed by atoms with van der Waals surface area (Å²) >= 11 is 12.8. The minimum atomic E-state index is -0.616. The molecule has 1 saturated heterocycles. The number of nitrogens with zero attached hydrogens (tertiary/aromatic N) is 3. The van der Waals surface area contributed by atoms with Crippen LogP contribution in [0.5, 0.6) is 0 Å². The summed E-state index contributed by atoms with van der Waals surface area (Å²) in [6.07, 6.45) is 1.25. The molecule has 1 aliphatic rings. The molecule has 0 bridgehead atoms. The minimum absolute atomic E-state index is 0.0536. The molecule has 0 atom stereocenters. The SMILES string of the molecule is O=C1CSC(=NN=Cc2cc([N+](=O)[O-])c(Cl)cc2Cl)N1. The molecular formula is C10H6Cl2N4O3S. The van der Waals surface area contributed by atoms with Gasteiger partial charge in [-0.15, -0.1) is 5.10 Å². The fraction of sp³-hybridized carbons (Fsp3) is 0.100. The monoisotopic (exact) mass is 332 g/mol. The summed E-state index contributed by atoms with van der Waals surface area (Å²) in [4.78, 5) is 21.1. The van der Waals surface area contributed by atoms with Crippen LogP contribution in [0.15, 0.2) is 22.3 Å². The highest BCUT2D eigenvalue weighted by molar-refractivity contribution is 8.15. The number of hydrogen-bond acceptors (Lipinski definition) is 6. The van der Waals surface area contributed by atoms with Gasteiger partial charge in [-0.1, -0.05) is 35.0 Å². The Balaban J connectivity index is 2.23. The molecule has 7 nitrogen and oxygen atoms in total. The standard InChI is InChI=1S/C10H6Cl2N4O3S/c11-6-2-7(12)8(16(18)19)1-5(6)3-13-15-10-14-9(17)4-20-10/h1-3H,4H2,(H,14,15,17). The maximum Gasteiger partial charge on any atom is 0.288 e. The van der Waals surface area contributed by atoms with Crippen molar-refractivity contribution in [3.05, 3.63) is 37.9 Å². The van der Waals surface area contributed by atoms with Gasteiger partial charge in [-0.05, 0) is 6.07 Å². The maximum absolute atomic E-state index is 10.9. The Morgan fingerprint density at radius 3 is 2.75 bits per heavy atom. The molecule has 1 aromatic rings. The second-order valence-corrected chi connectivity index (χ2v) is 5.35. The second-order valence-electron chi connectivity index (χ2n) is 3.57. The Kier molecular flexibility index (Phi) is 4.58. The van der Waals surface area contributed by atoms with E-state index < -0.39 is 4.92 Å². The average molecular weight is 333 g/mol. The molecule has 20 heavy (non-hydrogen) atoms. The first kappa shape index (κ1) is 14.8. The predicted molar refractivity (Wildman–Crippen MR) is 78.7 cm³/mol. The molecule has 1 N–H and O–H groups in total. The molecule has 2 rings (SSSR count). The number of amides is 1. The smallest absolute Gasteiger partial charge is 0.288 e. The maximum atomic E-state index is 10.9. The van der Waals surface area contributed by atoms with Gasteiger partial charge in [-0.25, -0.2) is 0 Å². The second kappa shape index (κ2) is 6.21. The number of carbonyl (C=O) groups excluding carboxylic acids is 1. The van der Waals surface area contributed by atoms with Crippen LogP contribution in [0.3, 0.4) is 0 Å². The van der Waals surface area contributed by atoms with E-state index in [4.69, 9.17) is 23.2 Å². The molecule has 10 heteroatoms. The zero-order valence-corrected chi connectivity index (χ0v) is 12.0. The number of rotatable bonds is 3. The first-order valence-corrected chi connectivity index (χ1v) is 6.88. The molecule has 1 aliphatic heterocycles. The Morgan fingerprint density at radius 1 is 1.40 bits per heavy atom. The molecule has 1 fully saturated rings. The molecule has 1 heterocycles. The lowest BCUT2D eigenvalue weighted by molar-refractivity contribution is -0.384. The highest BCUT2D eigenvalue weighted by Crippen LogP contribution is 2.29. The van der Waals surface area contributed by atoms with Crippen LogP contribution in [-0.2, 0) is 4.79 Å². The normalized spacial score (nSPS) is 16.9. The van der Waals surface area contributed by atoms with E-state index in [1.165, 1.54) is 30.1 Å². The predicted octanol–water partition coefficient (Wildman–Crippen LogP) is 2.45. The van der Waals surface area contributed by atoms with E-state index >= 15 is 0 Å². The van der Waals surface area contributed by atoms with Crippen molar-refractivity contribution in [3.63, 3.8) is 0 Å². The third-order valence-corrected chi connectivity index (χ3v) is 3.69. The molecular weight excluding hydrogens is 327 g/mol. The van der Waals surface area contributed by atoms with Crippen LogP contribution < -0.4 is 5.32 Å². The first-order chi connectivity index (χ1) is 9.47. The van der Waals surface area contributed by atoms with E-state index in [1.807, 2.05) is 0 Å². The van der Waals surface area contributed by atoms with Crippen LogP contribution in [0.1, 0.15) is 5.56 Å². The van der Waals surface area contributed by atoms with E-state index in [0.29, 0.717) is 16.5 Å². The zero-order valence-electron chi connectivity index (χ0n) is 9.67. The van der Waals surface area contributed by atoms with Crippen molar-refractivity contribution in [3.8, 4) is 0 Å². The van der Waals surface area contributed by atoms with Gasteiger partial charge in [0.1, 0.15) is 5.02 Å². The van der Waals surface area contributed by atoms with E-state index in [9.17, 15) is 14.9 Å². The van der Waals surface area contributed by atoms with Crippen molar-refractivity contribution < 1.29 is 9.72 Å². The summed E-state index contributed by atoms with van der Waals surface area (Å²) in [6, 6.07) is 2.47. The van der Waals surface area contributed by atoms with E-state index in [2.05, 4.69) is 15.5 Å². The lowest BCUT2D eigenvalue weighted by Crippen LogP contribution is -2.19. The van der Waals surface area contributed by atoms with Crippen LogP contribution in [0.2, 0.25) is 10.0 Å². The van der Waals surface area contributed by atoms with Gasteiger partial charge in [0.05, 0.1) is 21.9 Å². The molecule has 0 aromatic heterocycles. The van der Waals surface area contributed by atoms with Crippen molar-refractivity contribution in [2.45, 2.75) is 0 Å². The van der Waals surface area contributed by atoms with Crippen LogP contribution in [0, 0.1) is 10.1 Å². The van der Waals surface area contributed by atoms with Crippen molar-refractivity contribution in [2.24, 2.45) is 10.2 Å². The number of amidine groups is 1. The number of benzene rings is 1. The van der Waals surface area contributed by atoms with Gasteiger partial charge >= 0.3 is 0 Å². The third-order valence-electron chi connectivity index (χ3n) is 2.19. The van der Waals surface area contributed by atoms with Gasteiger partial charge in [-0.3, -0.25) is 14.9 Å². The molecule has 1 amide bonds. The van der Waals surface area contributed by atoms with Crippen LogP contribution in [0.25, 0.3) is 0 Å². The number of nitro benzene ring substituents is 1. The first-order valence-electron chi connectivity index (χ1n) is 5.14. The van der Waals surface area contributed by atoms with E-state index in [1.54, 1.807) is 0 Å². The summed E-state index contributed by atoms with van der Waals surface area (Å²) in [7, 11) is 0. The molecule has 0 saturated carbocycles. The van der Waals surface area contributed by atoms with Crippen molar-refractivity contribution in [1.82, 2.24) is 5.32 Å². The number of nitro groups is 1. The Bertz CT molecular complexity index is 648. The van der Waals surface area contributed by atoms with Crippen molar-refractivity contribution in [1.29, 1.82) is 0 Å². The highest BCUT2D eigenvalue weighted by atomic mass is 35.5. The van der Waals surface area contributed by atoms with Gasteiger partial charge in [0.2, 0.25) is 5.91 Å². The number of carbonyl (C=O) groups is 1. The van der Waals surface area contributed by atoms with E-state index in [0.717, 1.165) is 0 Å². The molecule has 0 spiro atoms. The Hall–Kier alpha value is -1.64. The Labute approximate surface area is 127 Å². The minimum Gasteiger partial charge on any atom is -0.303 e. The van der Waals surface area contributed by atoms with Crippen molar-refractivity contribution >= 4 is 57.9 Å². The topological polar surface area (TPSA) is 97.0 Å². The number of hydrogen-bond donors (Lipinski definition) is 1. The van der Waals surface area contributed by atoms with Crippen LogP contribution >= 0.6 is 35.0 Å². The highest BCUT2D eigenvalue weighted by Gasteiger charge is 2.17. The molecule has 0 aliphatic carbocycles. The quantitative estimate of drug-likeness (QED) is 0.522. The number of nitrogens with one attached hydrogen (secondary N) is 1. The van der Waals surface area contributed by atoms with Gasteiger partial charge in [0, 0.05) is 11.6 Å². The largest absolute Gasteiger partial charge is 0.303 e. The molecule has 104 valence electrons. The lowest BCUT2D eigenvalue weighted by Gasteiger charge is -1.99. The van der Waals surface area contributed by atoms with Crippen LogP contribution in [-0.4, -0.2) is 28.0 Å². The summed E-state index contributed by atoms with van der Waals surface area (Å²) in [5, 5.41) is 21.3. The number of halogens is 2. The van der Waals surface area contributed by atoms with Gasteiger partial charge in [0.25, 0.3) is 5.69 Å².